The summed E-state index contributed by atoms with van der Waals surface area (Å²) in [5.74, 6) is -0.949. The van der Waals surface area contributed by atoms with Crippen molar-refractivity contribution in [2.45, 2.75) is 0 Å². The van der Waals surface area contributed by atoms with Crippen molar-refractivity contribution in [2.75, 3.05) is 5.32 Å². The molecule has 0 amide bonds. The number of aromatic nitrogens is 1. The van der Waals surface area contributed by atoms with E-state index < -0.39 is 5.97 Å². The minimum atomic E-state index is -0.949. The van der Waals surface area contributed by atoms with Crippen molar-refractivity contribution in [2.24, 2.45) is 0 Å². The number of rotatable bonds is 3. The van der Waals surface area contributed by atoms with Crippen LogP contribution in [-0.4, -0.2) is 16.1 Å². The van der Waals surface area contributed by atoms with Gasteiger partial charge < -0.3 is 10.4 Å². The molecule has 3 rings (SSSR count). The maximum atomic E-state index is 11.2. The highest BCUT2D eigenvalue weighted by Gasteiger charge is 2.10. The largest absolute Gasteiger partial charge is 0.478 e. The van der Waals surface area contributed by atoms with E-state index in [1.807, 2.05) is 30.3 Å². The van der Waals surface area contributed by atoms with E-state index in [0.717, 1.165) is 16.5 Å². The molecule has 0 aliphatic rings. The number of carboxylic acids is 1. The Labute approximate surface area is 127 Å². The van der Waals surface area contributed by atoms with Crippen molar-refractivity contribution in [3.63, 3.8) is 0 Å². The summed E-state index contributed by atoms with van der Waals surface area (Å²) in [6.07, 6.45) is 3.50. The molecule has 0 atom stereocenters. The van der Waals surface area contributed by atoms with Crippen molar-refractivity contribution in [3.05, 3.63) is 66.5 Å². The summed E-state index contributed by atoms with van der Waals surface area (Å²) >= 11 is 0. The molecule has 0 unspecified atom stereocenters. The molecule has 3 aromatic rings. The van der Waals surface area contributed by atoms with Gasteiger partial charge in [0, 0.05) is 28.9 Å². The van der Waals surface area contributed by atoms with Crippen LogP contribution in [0.4, 0.5) is 11.4 Å². The van der Waals surface area contributed by atoms with E-state index in [2.05, 4.69) is 10.3 Å². The Kier molecular flexibility index (Phi) is 4.40. The molecule has 0 radical (unpaired) electrons. The number of nitrogens with zero attached hydrogens (tertiary/aromatic N) is 1. The first-order valence-corrected chi connectivity index (χ1v) is 6.18. The van der Waals surface area contributed by atoms with Crippen molar-refractivity contribution < 1.29 is 9.90 Å². The highest BCUT2D eigenvalue weighted by Crippen LogP contribution is 2.27. The molecule has 0 fully saturated rings. The minimum Gasteiger partial charge on any atom is -0.478 e. The number of hydrogen-bond donors (Lipinski definition) is 2. The van der Waals surface area contributed by atoms with Gasteiger partial charge in [0.2, 0.25) is 0 Å². The Bertz CT molecular complexity index is 785. The fourth-order valence-corrected chi connectivity index (χ4v) is 2.16. The van der Waals surface area contributed by atoms with Crippen LogP contribution in [0.15, 0.2) is 60.9 Å². The fourth-order valence-electron chi connectivity index (χ4n) is 2.16. The number of hydrogen-bond acceptors (Lipinski definition) is 3. The zero-order chi connectivity index (χ0) is 13.9. The molecule has 0 saturated carbocycles. The molecule has 0 spiro atoms. The van der Waals surface area contributed by atoms with Gasteiger partial charge in [-0.1, -0.05) is 24.3 Å². The van der Waals surface area contributed by atoms with Crippen LogP contribution in [0.25, 0.3) is 10.8 Å². The Morgan fingerprint density at radius 3 is 2.57 bits per heavy atom. The third-order valence-electron chi connectivity index (χ3n) is 3.11. The standard InChI is InChI=1S/C16H12N2O2.ClH/c19-16(20)13-5-1-2-6-15(13)18-14-7-3-4-11-10-17-9-8-12(11)14;/h1-10,18H,(H,19,20);1H. The lowest BCUT2D eigenvalue weighted by Gasteiger charge is -2.11. The summed E-state index contributed by atoms with van der Waals surface area (Å²) in [5, 5.41) is 14.4. The number of fused-ring (bicyclic) bond motifs is 1. The molecule has 1 heterocycles. The lowest BCUT2D eigenvalue weighted by molar-refractivity contribution is 0.0698. The summed E-state index contributed by atoms with van der Waals surface area (Å²) in [5.41, 5.74) is 1.68. The molecule has 0 aliphatic carbocycles. The van der Waals surface area contributed by atoms with Crippen molar-refractivity contribution in [3.8, 4) is 0 Å². The first kappa shape index (κ1) is 14.8. The number of pyridine rings is 1. The molecule has 0 aliphatic heterocycles. The van der Waals surface area contributed by atoms with Crippen LogP contribution in [0.1, 0.15) is 10.4 Å². The van der Waals surface area contributed by atoms with Gasteiger partial charge in [-0.15, -0.1) is 12.4 Å². The van der Waals surface area contributed by atoms with Crippen LogP contribution in [0.5, 0.6) is 0 Å². The number of para-hydroxylation sites is 1. The number of halogens is 1. The van der Waals surface area contributed by atoms with Crippen molar-refractivity contribution in [1.82, 2.24) is 4.98 Å². The summed E-state index contributed by atoms with van der Waals surface area (Å²) in [6, 6.07) is 14.6. The zero-order valence-electron chi connectivity index (χ0n) is 11.0. The molecule has 2 aromatic carbocycles. The van der Waals surface area contributed by atoms with Crippen LogP contribution in [-0.2, 0) is 0 Å². The highest BCUT2D eigenvalue weighted by atomic mass is 35.5. The predicted octanol–water partition coefficient (Wildman–Crippen LogP) is 4.10. The third-order valence-corrected chi connectivity index (χ3v) is 3.11. The van der Waals surface area contributed by atoms with E-state index in [0.29, 0.717) is 5.69 Å². The van der Waals surface area contributed by atoms with Gasteiger partial charge >= 0.3 is 5.97 Å². The Morgan fingerprint density at radius 1 is 1.00 bits per heavy atom. The molecule has 0 saturated heterocycles. The summed E-state index contributed by atoms with van der Waals surface area (Å²) in [4.78, 5) is 15.3. The van der Waals surface area contributed by atoms with Gasteiger partial charge in [0.15, 0.2) is 0 Å². The van der Waals surface area contributed by atoms with E-state index in [4.69, 9.17) is 0 Å². The Balaban J connectivity index is 0.00000161. The van der Waals surface area contributed by atoms with E-state index in [1.165, 1.54) is 0 Å². The molecule has 21 heavy (non-hydrogen) atoms. The third kappa shape index (κ3) is 2.95. The number of nitrogens with one attached hydrogen (secondary N) is 1. The molecule has 0 bridgehead atoms. The highest BCUT2D eigenvalue weighted by molar-refractivity contribution is 5.99. The smallest absolute Gasteiger partial charge is 0.337 e. The number of carboxylic acid groups (broad SMARTS) is 1. The van der Waals surface area contributed by atoms with Gasteiger partial charge in [0.1, 0.15) is 0 Å². The van der Waals surface area contributed by atoms with Crippen LogP contribution in [0, 0.1) is 0 Å². The summed E-state index contributed by atoms with van der Waals surface area (Å²) in [7, 11) is 0. The second-order valence-electron chi connectivity index (χ2n) is 4.38. The minimum absolute atomic E-state index is 0. The summed E-state index contributed by atoms with van der Waals surface area (Å²) in [6.45, 7) is 0. The first-order chi connectivity index (χ1) is 9.75. The van der Waals surface area contributed by atoms with Crippen LogP contribution < -0.4 is 5.32 Å². The molecular weight excluding hydrogens is 288 g/mol. The van der Waals surface area contributed by atoms with Gasteiger partial charge in [-0.2, -0.15) is 0 Å². The number of aromatic carboxylic acids is 1. The van der Waals surface area contributed by atoms with Crippen LogP contribution in [0.3, 0.4) is 0 Å². The topological polar surface area (TPSA) is 62.2 Å². The molecule has 5 heteroatoms. The fraction of sp³-hybridized carbons (Fsp3) is 0. The SMILES string of the molecule is Cl.O=C(O)c1ccccc1Nc1cccc2cnccc12. The van der Waals surface area contributed by atoms with Gasteiger partial charge in [-0.25, -0.2) is 4.79 Å². The van der Waals surface area contributed by atoms with Gasteiger partial charge in [-0.05, 0) is 24.3 Å². The molecule has 106 valence electrons. The quantitative estimate of drug-likeness (QED) is 0.764. The van der Waals surface area contributed by atoms with E-state index in [9.17, 15) is 9.90 Å². The number of benzene rings is 2. The van der Waals surface area contributed by atoms with Gasteiger partial charge in [0.05, 0.1) is 11.3 Å². The van der Waals surface area contributed by atoms with E-state index in [1.54, 1.807) is 30.6 Å². The maximum Gasteiger partial charge on any atom is 0.337 e. The second kappa shape index (κ2) is 6.24. The molecule has 1 aromatic heterocycles. The normalized spacial score (nSPS) is 9.90. The first-order valence-electron chi connectivity index (χ1n) is 6.18. The monoisotopic (exact) mass is 300 g/mol. The van der Waals surface area contributed by atoms with Crippen LogP contribution >= 0.6 is 12.4 Å². The number of anilines is 2. The van der Waals surface area contributed by atoms with Gasteiger partial charge in [0.25, 0.3) is 0 Å². The zero-order valence-corrected chi connectivity index (χ0v) is 11.8. The Morgan fingerprint density at radius 2 is 1.76 bits per heavy atom. The lowest BCUT2D eigenvalue weighted by atomic mass is 10.1. The summed E-state index contributed by atoms with van der Waals surface area (Å²) < 4.78 is 0. The van der Waals surface area contributed by atoms with Crippen molar-refractivity contribution in [1.29, 1.82) is 0 Å². The van der Waals surface area contributed by atoms with E-state index >= 15 is 0 Å². The lowest BCUT2D eigenvalue weighted by Crippen LogP contribution is -2.02. The number of carbonyl (C=O) groups is 1. The molecule has 4 nitrogen and oxygen atoms in total. The second-order valence-corrected chi connectivity index (χ2v) is 4.38. The molecular formula is C16H13ClN2O2. The average molecular weight is 301 g/mol. The van der Waals surface area contributed by atoms with Crippen molar-refractivity contribution >= 4 is 40.5 Å². The van der Waals surface area contributed by atoms with Gasteiger partial charge in [-0.3, -0.25) is 4.98 Å². The maximum absolute atomic E-state index is 11.2. The van der Waals surface area contributed by atoms with E-state index in [-0.39, 0.29) is 18.0 Å². The average Bonchev–Trinajstić information content (AvgIpc) is 2.48. The molecule has 2 N–H and O–H groups in total. The van der Waals surface area contributed by atoms with Crippen LogP contribution in [0.2, 0.25) is 0 Å². The Hall–Kier alpha value is -2.59. The predicted molar refractivity (Wildman–Crippen MR) is 85.7 cm³/mol.